The second-order valence-electron chi connectivity index (χ2n) is 4.92. The molecule has 1 aromatic carbocycles. The summed E-state index contributed by atoms with van der Waals surface area (Å²) in [7, 11) is 0. The van der Waals surface area contributed by atoms with Crippen LogP contribution in [0, 0.1) is 18.3 Å². The van der Waals surface area contributed by atoms with Crippen molar-refractivity contribution in [2.24, 2.45) is 0 Å². The number of hydrogen-bond donors (Lipinski definition) is 1. The van der Waals surface area contributed by atoms with Gasteiger partial charge in [-0.2, -0.15) is 5.26 Å². The number of nitrogens with one attached hydrogen (secondary N) is 1. The van der Waals surface area contributed by atoms with Gasteiger partial charge in [-0.05, 0) is 48.7 Å². The van der Waals surface area contributed by atoms with E-state index in [-0.39, 0.29) is 12.6 Å². The lowest BCUT2D eigenvalue weighted by Crippen LogP contribution is -2.18. The van der Waals surface area contributed by atoms with Crippen LogP contribution in [-0.4, -0.2) is 11.6 Å². The number of ether oxygens (including phenoxy) is 1. The first-order valence-electron chi connectivity index (χ1n) is 6.93. The van der Waals surface area contributed by atoms with Gasteiger partial charge in [-0.25, -0.2) is 0 Å². The smallest absolute Gasteiger partial charge is 0.174 e. The largest absolute Gasteiger partial charge is 0.479 e. The standard InChI is InChI=1S/C17H19N3O/c1-13-7-9-19-11-16(13)12-20-14(2)15-3-5-17(6-4-15)21-10-8-18/h3-7,9,11,14,20H,10,12H2,1-2H3. The lowest BCUT2D eigenvalue weighted by Gasteiger charge is -2.15. The molecule has 0 saturated heterocycles. The van der Waals surface area contributed by atoms with Crippen LogP contribution in [-0.2, 0) is 6.54 Å². The Balaban J connectivity index is 1.93. The number of nitrogens with zero attached hydrogens (tertiary/aromatic N) is 2. The molecule has 0 amide bonds. The number of aromatic nitrogens is 1. The number of rotatable bonds is 6. The maximum absolute atomic E-state index is 8.48. The molecule has 1 atom stereocenters. The third-order valence-corrected chi connectivity index (χ3v) is 3.43. The number of benzene rings is 1. The maximum Gasteiger partial charge on any atom is 0.174 e. The average molecular weight is 281 g/mol. The molecule has 0 spiro atoms. The molecule has 1 unspecified atom stereocenters. The molecule has 4 nitrogen and oxygen atoms in total. The van der Waals surface area contributed by atoms with Crippen molar-refractivity contribution >= 4 is 0 Å². The summed E-state index contributed by atoms with van der Waals surface area (Å²) < 4.78 is 5.25. The van der Waals surface area contributed by atoms with Crippen molar-refractivity contribution < 1.29 is 4.74 Å². The number of pyridine rings is 1. The fraction of sp³-hybridized carbons (Fsp3) is 0.294. The quantitative estimate of drug-likeness (QED) is 0.883. The molecule has 108 valence electrons. The van der Waals surface area contributed by atoms with Gasteiger partial charge in [0, 0.05) is 25.0 Å². The van der Waals surface area contributed by atoms with E-state index in [2.05, 4.69) is 24.1 Å². The van der Waals surface area contributed by atoms with Crippen LogP contribution in [0.2, 0.25) is 0 Å². The molecule has 2 rings (SSSR count). The van der Waals surface area contributed by atoms with E-state index in [0.717, 1.165) is 12.3 Å². The highest BCUT2D eigenvalue weighted by molar-refractivity contribution is 5.29. The van der Waals surface area contributed by atoms with E-state index in [1.165, 1.54) is 16.7 Å². The highest BCUT2D eigenvalue weighted by Crippen LogP contribution is 2.18. The monoisotopic (exact) mass is 281 g/mol. The summed E-state index contributed by atoms with van der Waals surface area (Å²) in [4.78, 5) is 4.15. The molecular formula is C17H19N3O. The normalized spacial score (nSPS) is 11.7. The van der Waals surface area contributed by atoms with E-state index < -0.39 is 0 Å². The first-order valence-corrected chi connectivity index (χ1v) is 6.93. The molecular weight excluding hydrogens is 262 g/mol. The van der Waals surface area contributed by atoms with Crippen LogP contribution in [0.3, 0.4) is 0 Å². The summed E-state index contributed by atoms with van der Waals surface area (Å²) in [5.41, 5.74) is 3.63. The highest BCUT2D eigenvalue weighted by atomic mass is 16.5. The Bertz CT molecular complexity index is 617. The van der Waals surface area contributed by atoms with Gasteiger partial charge in [0.1, 0.15) is 11.8 Å². The highest BCUT2D eigenvalue weighted by Gasteiger charge is 2.06. The third kappa shape index (κ3) is 4.30. The molecule has 0 saturated carbocycles. The summed E-state index contributed by atoms with van der Waals surface area (Å²) in [6.45, 7) is 5.07. The summed E-state index contributed by atoms with van der Waals surface area (Å²) >= 11 is 0. The van der Waals surface area contributed by atoms with E-state index in [1.807, 2.05) is 48.8 Å². The van der Waals surface area contributed by atoms with Gasteiger partial charge in [-0.15, -0.1) is 0 Å². The molecule has 0 aliphatic heterocycles. The van der Waals surface area contributed by atoms with Gasteiger partial charge in [0.2, 0.25) is 0 Å². The van der Waals surface area contributed by atoms with Crippen LogP contribution < -0.4 is 10.1 Å². The SMILES string of the molecule is Cc1ccncc1CNC(C)c1ccc(OCC#N)cc1. The van der Waals surface area contributed by atoms with E-state index in [1.54, 1.807) is 0 Å². The van der Waals surface area contributed by atoms with E-state index in [0.29, 0.717) is 0 Å². The Hall–Kier alpha value is -2.38. The molecule has 4 heteroatoms. The summed E-state index contributed by atoms with van der Waals surface area (Å²) in [6.07, 6.45) is 3.70. The van der Waals surface area contributed by atoms with Crippen molar-refractivity contribution in [3.8, 4) is 11.8 Å². The molecule has 0 bridgehead atoms. The molecule has 1 heterocycles. The van der Waals surface area contributed by atoms with Crippen molar-refractivity contribution in [2.75, 3.05) is 6.61 Å². The van der Waals surface area contributed by atoms with E-state index in [4.69, 9.17) is 10.00 Å². The van der Waals surface area contributed by atoms with Crippen molar-refractivity contribution in [1.82, 2.24) is 10.3 Å². The lowest BCUT2D eigenvalue weighted by molar-refractivity contribution is 0.368. The van der Waals surface area contributed by atoms with Crippen LogP contribution in [0.15, 0.2) is 42.7 Å². The van der Waals surface area contributed by atoms with E-state index >= 15 is 0 Å². The van der Waals surface area contributed by atoms with Crippen molar-refractivity contribution in [2.45, 2.75) is 26.4 Å². The molecule has 0 fully saturated rings. The Labute approximate surface area is 125 Å². The van der Waals surface area contributed by atoms with Gasteiger partial charge in [-0.3, -0.25) is 4.98 Å². The minimum atomic E-state index is 0.0768. The molecule has 0 aliphatic rings. The maximum atomic E-state index is 8.48. The minimum absolute atomic E-state index is 0.0768. The zero-order valence-corrected chi connectivity index (χ0v) is 12.3. The molecule has 1 N–H and O–H groups in total. The number of aryl methyl sites for hydroxylation is 1. The molecule has 1 aromatic heterocycles. The summed E-state index contributed by atoms with van der Waals surface area (Å²) in [5.74, 6) is 0.718. The van der Waals surface area contributed by atoms with Gasteiger partial charge in [0.25, 0.3) is 0 Å². The minimum Gasteiger partial charge on any atom is -0.479 e. The van der Waals surface area contributed by atoms with E-state index in [9.17, 15) is 0 Å². The first kappa shape index (κ1) is 15.0. The summed E-state index contributed by atoms with van der Waals surface area (Å²) in [5, 5.41) is 12.0. The Morgan fingerprint density at radius 3 is 2.71 bits per heavy atom. The van der Waals surface area contributed by atoms with Crippen LogP contribution in [0.4, 0.5) is 0 Å². The average Bonchev–Trinajstić information content (AvgIpc) is 2.52. The van der Waals surface area contributed by atoms with Crippen LogP contribution in [0.5, 0.6) is 5.75 Å². The topological polar surface area (TPSA) is 57.9 Å². The zero-order valence-electron chi connectivity index (χ0n) is 12.3. The zero-order chi connectivity index (χ0) is 15.1. The van der Waals surface area contributed by atoms with Gasteiger partial charge in [0.15, 0.2) is 6.61 Å². The van der Waals surface area contributed by atoms with Crippen LogP contribution in [0.1, 0.15) is 29.7 Å². The number of hydrogen-bond acceptors (Lipinski definition) is 4. The van der Waals surface area contributed by atoms with Crippen molar-refractivity contribution in [3.05, 3.63) is 59.4 Å². The van der Waals surface area contributed by atoms with Gasteiger partial charge >= 0.3 is 0 Å². The predicted molar refractivity (Wildman–Crippen MR) is 81.8 cm³/mol. The first-order chi connectivity index (χ1) is 10.2. The molecule has 21 heavy (non-hydrogen) atoms. The van der Waals surface area contributed by atoms with Crippen LogP contribution in [0.25, 0.3) is 0 Å². The fourth-order valence-corrected chi connectivity index (χ4v) is 2.03. The Kier molecular flexibility index (Phi) is 5.30. The predicted octanol–water partition coefficient (Wildman–Crippen LogP) is 3.14. The van der Waals surface area contributed by atoms with Gasteiger partial charge in [0.05, 0.1) is 0 Å². The van der Waals surface area contributed by atoms with Gasteiger partial charge < -0.3 is 10.1 Å². The van der Waals surface area contributed by atoms with Gasteiger partial charge in [-0.1, -0.05) is 12.1 Å². The molecule has 0 aliphatic carbocycles. The van der Waals surface area contributed by atoms with Crippen LogP contribution >= 0.6 is 0 Å². The fourth-order valence-electron chi connectivity index (χ4n) is 2.03. The second-order valence-corrected chi connectivity index (χ2v) is 4.92. The summed E-state index contributed by atoms with van der Waals surface area (Å²) in [6, 6.07) is 12.0. The van der Waals surface area contributed by atoms with Crippen molar-refractivity contribution in [3.63, 3.8) is 0 Å². The molecule has 2 aromatic rings. The second kappa shape index (κ2) is 7.41. The number of nitriles is 1. The molecule has 0 radical (unpaired) electrons. The Morgan fingerprint density at radius 1 is 1.29 bits per heavy atom. The van der Waals surface area contributed by atoms with Crippen molar-refractivity contribution in [1.29, 1.82) is 5.26 Å². The third-order valence-electron chi connectivity index (χ3n) is 3.43. The lowest BCUT2D eigenvalue weighted by atomic mass is 10.1. The Morgan fingerprint density at radius 2 is 2.05 bits per heavy atom.